The number of para-hydroxylation sites is 1. The van der Waals surface area contributed by atoms with Crippen LogP contribution in [0.25, 0.3) is 128 Å². The van der Waals surface area contributed by atoms with Crippen molar-refractivity contribution in [2.45, 2.75) is 291 Å². The Bertz CT molecular complexity index is 6010. The summed E-state index contributed by atoms with van der Waals surface area (Å²) in [5, 5.41) is 15.7. The summed E-state index contributed by atoms with van der Waals surface area (Å²) >= 11 is 3.82. The van der Waals surface area contributed by atoms with Gasteiger partial charge in [-0.1, -0.05) is 292 Å². The Morgan fingerprint density at radius 1 is 0.167 bits per heavy atom. The summed E-state index contributed by atoms with van der Waals surface area (Å²) in [6, 6.07) is 65.0. The monoisotopic (exact) mass is 1650 g/mol. The summed E-state index contributed by atoms with van der Waals surface area (Å²) in [7, 11) is 0. The third-order valence-corrected chi connectivity index (χ3v) is 21.2. The Morgan fingerprint density at radius 2 is 0.483 bits per heavy atom. The maximum Gasteiger partial charge on any atom is 0.138 e. The van der Waals surface area contributed by atoms with E-state index in [1.54, 1.807) is 0 Å². The minimum Gasteiger partial charge on any atom is -0.456 e. The van der Waals surface area contributed by atoms with Gasteiger partial charge in [0.15, 0.2) is 0 Å². The molecule has 12 aromatic carbocycles. The first-order valence-corrected chi connectivity index (χ1v) is 47.0. The van der Waals surface area contributed by atoms with Crippen molar-refractivity contribution >= 4 is 151 Å². The van der Waals surface area contributed by atoms with E-state index < -0.39 is 0 Å². The lowest BCUT2D eigenvalue weighted by atomic mass is 10.0. The predicted molar refractivity (Wildman–Crippen MR) is 555 cm³/mol. The molecule has 6 aromatic heterocycles. The van der Waals surface area contributed by atoms with Crippen LogP contribution in [-0.2, 0) is 0 Å². The fraction of sp³-hybridized carbons (Fsp3) is 0.368. The van der Waals surface area contributed by atoms with Crippen molar-refractivity contribution in [3.05, 3.63) is 282 Å². The van der Waals surface area contributed by atoms with E-state index >= 15 is 0 Å². The molecule has 0 amide bonds. The van der Waals surface area contributed by atoms with Crippen LogP contribution in [0.2, 0.25) is 0 Å². The number of hydrogen-bond donors (Lipinski definition) is 0. The van der Waals surface area contributed by atoms with Crippen molar-refractivity contribution in [2.24, 2.45) is 0 Å². The number of benzene rings is 12. The summed E-state index contributed by atoms with van der Waals surface area (Å²) in [4.78, 5) is 0. The van der Waals surface area contributed by atoms with E-state index in [-0.39, 0.29) is 0 Å². The minimum atomic E-state index is 0.981. The second-order valence-corrected chi connectivity index (χ2v) is 29.3. The molecule has 18 aromatic rings. The van der Waals surface area contributed by atoms with Crippen molar-refractivity contribution in [2.75, 3.05) is 0 Å². The molecule has 0 aliphatic carbocycles. The van der Waals surface area contributed by atoms with E-state index in [0.29, 0.717) is 0 Å². The maximum atomic E-state index is 5.94. The number of aryl methyl sites for hydroxylation is 18. The van der Waals surface area contributed by atoms with Gasteiger partial charge in [-0.2, -0.15) is 0 Å². The molecule has 0 aliphatic rings. The molecule has 0 spiro atoms. The van der Waals surface area contributed by atoms with E-state index in [2.05, 4.69) is 294 Å². The Morgan fingerprint density at radius 3 is 0.992 bits per heavy atom. The van der Waals surface area contributed by atoms with Crippen LogP contribution in [0.4, 0.5) is 0 Å². The van der Waals surface area contributed by atoms with Crippen LogP contribution in [0.3, 0.4) is 0 Å². The molecule has 0 atom stereocenters. The summed E-state index contributed by atoms with van der Waals surface area (Å²) in [6.45, 7) is 86.5. The molecular formula is C114H156O4S2. The van der Waals surface area contributed by atoms with E-state index in [4.69, 9.17) is 17.7 Å². The quantitative estimate of drug-likeness (QED) is 0.152. The summed E-state index contributed by atoms with van der Waals surface area (Å²) in [5.41, 5.74) is 31.4. The van der Waals surface area contributed by atoms with Gasteiger partial charge in [0.25, 0.3) is 0 Å². The average molecular weight is 1650 g/mol. The number of hydrogen-bond acceptors (Lipinski definition) is 6. The van der Waals surface area contributed by atoms with Crippen LogP contribution in [0.15, 0.2) is 200 Å². The SMILES string of the molecule is CC.CC.CC.CC.CC.CC.CC.CC.CC.CC.CC.CC.Cc1cc(C)c2c(c1)oc1c(C)cccc12.Cc1cc(C)c2c(c1)oc1ccc(C)cc12.Cc1cc(C)c2c(c1)oc1cccc(C)c12.Cc1cc(C)c2sc3cccc(C)c3c2c1.Cc1ccc2c(c1)oc1cc(C)cc(C)c12.Cc1ccc2sc3c(C)cc(C)cc3c2c1. The molecular weight excluding hydrogens is 1500 g/mol. The third kappa shape index (κ3) is 26.9. The van der Waals surface area contributed by atoms with E-state index in [9.17, 15) is 0 Å². The van der Waals surface area contributed by atoms with Crippen LogP contribution in [0, 0.1) is 125 Å². The minimum absolute atomic E-state index is 0.981. The third-order valence-electron chi connectivity index (χ3n) is 18.6. The molecule has 120 heavy (non-hydrogen) atoms. The van der Waals surface area contributed by atoms with Crippen molar-refractivity contribution < 1.29 is 17.7 Å². The molecule has 0 saturated carbocycles. The highest BCUT2D eigenvalue weighted by Gasteiger charge is 2.16. The molecule has 6 heteroatoms. The van der Waals surface area contributed by atoms with Gasteiger partial charge in [0.2, 0.25) is 0 Å². The molecule has 0 radical (unpaired) electrons. The predicted octanol–water partition coefficient (Wildman–Crippen LogP) is 40.3. The summed E-state index contributed by atoms with van der Waals surface area (Å²) in [6.07, 6.45) is 0. The van der Waals surface area contributed by atoms with Crippen molar-refractivity contribution in [1.82, 2.24) is 0 Å². The molecule has 0 bridgehead atoms. The van der Waals surface area contributed by atoms with Gasteiger partial charge in [-0.3, -0.25) is 0 Å². The van der Waals surface area contributed by atoms with Gasteiger partial charge in [-0.15, -0.1) is 22.7 Å². The molecule has 4 nitrogen and oxygen atoms in total. The number of fused-ring (bicyclic) bond motifs is 18. The van der Waals surface area contributed by atoms with Gasteiger partial charge in [-0.25, -0.2) is 0 Å². The summed E-state index contributed by atoms with van der Waals surface area (Å²) < 4.78 is 29.3. The van der Waals surface area contributed by atoms with Crippen LogP contribution < -0.4 is 0 Å². The molecule has 0 N–H and O–H groups in total. The standard InChI is InChI=1S/4C15H14O.2C15H14S.12C2H6/c1-9-4-5-13-12(7-9)15-11(3)6-10(2)8-14(15)16-13;1-9-4-5-12-13(7-9)16-14-8-10(2)6-11(3)15(12)14;1-9-7-11(3)14-12-6-4-5-10(2)15(12)16-13(14)8-9;1-9-7-11(3)15-13(8-9)16-12-6-4-5-10(2)14(12)15;1-9-4-5-14-12(7-9)13-8-10(2)6-11(3)15(13)16-14;1-9-7-11(3)15-12(8-9)14-10(2)5-4-6-13(14)16-15;12*1-2/h6*4-8H,1-3H3;12*1-2H3. The molecule has 0 fully saturated rings. The van der Waals surface area contributed by atoms with Crippen molar-refractivity contribution in [3.63, 3.8) is 0 Å². The van der Waals surface area contributed by atoms with Crippen LogP contribution >= 0.6 is 22.7 Å². The van der Waals surface area contributed by atoms with Gasteiger partial charge in [0, 0.05) is 83.4 Å². The van der Waals surface area contributed by atoms with Crippen LogP contribution in [-0.4, -0.2) is 0 Å². The Kier molecular flexibility index (Phi) is 49.9. The van der Waals surface area contributed by atoms with Gasteiger partial charge >= 0.3 is 0 Å². The highest BCUT2D eigenvalue weighted by Crippen LogP contribution is 2.41. The molecule has 0 aliphatic heterocycles. The van der Waals surface area contributed by atoms with Gasteiger partial charge in [0.05, 0.1) is 0 Å². The zero-order valence-corrected chi connectivity index (χ0v) is 84.4. The Hall–Kier alpha value is -9.72. The second kappa shape index (κ2) is 55.3. The molecule has 6 heterocycles. The zero-order chi connectivity index (χ0) is 91.7. The molecule has 18 rings (SSSR count). The number of thiophene rings is 2. The average Bonchev–Trinajstić information content (AvgIpc) is 1.63. The molecule has 0 unspecified atom stereocenters. The first-order valence-electron chi connectivity index (χ1n) is 45.3. The van der Waals surface area contributed by atoms with E-state index in [0.717, 1.165) is 44.7 Å². The lowest BCUT2D eigenvalue weighted by molar-refractivity contribution is 0.665. The maximum absolute atomic E-state index is 5.94. The highest BCUT2D eigenvalue weighted by molar-refractivity contribution is 7.26. The van der Waals surface area contributed by atoms with Crippen LogP contribution in [0.1, 0.15) is 266 Å². The lowest BCUT2D eigenvalue weighted by Gasteiger charge is -2.00. The summed E-state index contributed by atoms with van der Waals surface area (Å²) in [5.74, 6) is 0. The van der Waals surface area contributed by atoms with Gasteiger partial charge in [-0.05, 0) is 281 Å². The van der Waals surface area contributed by atoms with E-state index in [1.807, 2.05) is 201 Å². The van der Waals surface area contributed by atoms with Crippen molar-refractivity contribution in [1.29, 1.82) is 0 Å². The normalized spacial score (nSPS) is 9.75. The fourth-order valence-corrected chi connectivity index (χ4v) is 16.9. The zero-order valence-electron chi connectivity index (χ0n) is 82.8. The lowest BCUT2D eigenvalue weighted by Crippen LogP contribution is -1.79. The largest absolute Gasteiger partial charge is 0.456 e. The topological polar surface area (TPSA) is 52.6 Å². The fourth-order valence-electron chi connectivity index (χ4n) is 14.5. The number of rotatable bonds is 0. The Balaban J connectivity index is 0.000000684. The van der Waals surface area contributed by atoms with Crippen LogP contribution in [0.5, 0.6) is 0 Å². The first-order chi connectivity index (χ1) is 57.9. The smallest absolute Gasteiger partial charge is 0.138 e. The van der Waals surface area contributed by atoms with E-state index in [1.165, 1.54) is 184 Å². The number of furan rings is 4. The van der Waals surface area contributed by atoms with Gasteiger partial charge < -0.3 is 17.7 Å². The first kappa shape index (κ1) is 108. The van der Waals surface area contributed by atoms with Gasteiger partial charge in [0.1, 0.15) is 44.7 Å². The second-order valence-electron chi connectivity index (χ2n) is 27.2. The Labute approximate surface area is 736 Å². The van der Waals surface area contributed by atoms with Crippen molar-refractivity contribution in [3.8, 4) is 0 Å². The molecule has 0 saturated heterocycles. The molecule has 648 valence electrons. The highest BCUT2D eigenvalue weighted by atomic mass is 32.1.